The van der Waals surface area contributed by atoms with Crippen molar-refractivity contribution in [3.05, 3.63) is 11.3 Å². The van der Waals surface area contributed by atoms with Gasteiger partial charge < -0.3 is 4.74 Å². The highest BCUT2D eigenvalue weighted by Gasteiger charge is 2.18. The minimum Gasteiger partial charge on any atom is -0.488 e. The van der Waals surface area contributed by atoms with E-state index in [1.165, 1.54) is 5.57 Å². The quantitative estimate of drug-likeness (QED) is 0.650. The SMILES string of the molecule is CC(=O)C(C)O/C(C)=C(\C)C(C)(C)C. The minimum atomic E-state index is -0.340. The largest absolute Gasteiger partial charge is 0.488 e. The molecule has 0 aromatic heterocycles. The summed E-state index contributed by atoms with van der Waals surface area (Å²) in [5.41, 5.74) is 1.28. The van der Waals surface area contributed by atoms with Gasteiger partial charge >= 0.3 is 0 Å². The maximum Gasteiger partial charge on any atom is 0.169 e. The van der Waals surface area contributed by atoms with Crippen LogP contribution in [0.15, 0.2) is 11.3 Å². The zero-order valence-corrected chi connectivity index (χ0v) is 10.4. The maximum atomic E-state index is 11.0. The molecule has 0 radical (unpaired) electrons. The summed E-state index contributed by atoms with van der Waals surface area (Å²) in [7, 11) is 0. The van der Waals surface area contributed by atoms with Gasteiger partial charge in [-0.05, 0) is 38.7 Å². The Bertz CT molecular complexity index is 244. The summed E-state index contributed by atoms with van der Waals surface area (Å²) in [4.78, 5) is 11.0. The summed E-state index contributed by atoms with van der Waals surface area (Å²) in [6.07, 6.45) is -0.340. The van der Waals surface area contributed by atoms with Gasteiger partial charge in [0.25, 0.3) is 0 Å². The van der Waals surface area contributed by atoms with Gasteiger partial charge in [0, 0.05) is 0 Å². The minimum absolute atomic E-state index is 0.0612. The average molecular weight is 198 g/mol. The molecule has 0 saturated heterocycles. The van der Waals surface area contributed by atoms with E-state index >= 15 is 0 Å². The van der Waals surface area contributed by atoms with Crippen LogP contribution in [0, 0.1) is 5.41 Å². The highest BCUT2D eigenvalue weighted by Crippen LogP contribution is 2.28. The normalized spacial score (nSPS) is 15.9. The fraction of sp³-hybridized carbons (Fsp3) is 0.750. The van der Waals surface area contributed by atoms with Gasteiger partial charge in [0.1, 0.15) is 0 Å². The molecule has 0 bridgehead atoms. The van der Waals surface area contributed by atoms with Crippen molar-refractivity contribution in [2.45, 2.75) is 54.6 Å². The molecule has 0 N–H and O–H groups in total. The average Bonchev–Trinajstić information content (AvgIpc) is 2.00. The number of rotatable bonds is 3. The van der Waals surface area contributed by atoms with Crippen molar-refractivity contribution in [2.75, 3.05) is 0 Å². The summed E-state index contributed by atoms with van der Waals surface area (Å²) >= 11 is 0. The van der Waals surface area contributed by atoms with Crippen LogP contribution in [0.3, 0.4) is 0 Å². The van der Waals surface area contributed by atoms with Crippen LogP contribution in [0.1, 0.15) is 48.5 Å². The van der Waals surface area contributed by atoms with Gasteiger partial charge in [-0.2, -0.15) is 0 Å². The third-order valence-electron chi connectivity index (χ3n) is 2.58. The van der Waals surface area contributed by atoms with Crippen molar-refractivity contribution < 1.29 is 9.53 Å². The third-order valence-corrected chi connectivity index (χ3v) is 2.58. The standard InChI is InChI=1S/C12H22O2/c1-8(12(5,6)7)10(3)14-11(4)9(2)13/h11H,1-7H3/b10-8+. The molecule has 2 heteroatoms. The van der Waals surface area contributed by atoms with Crippen LogP contribution >= 0.6 is 0 Å². The molecule has 1 atom stereocenters. The fourth-order valence-electron chi connectivity index (χ4n) is 0.965. The Morgan fingerprint density at radius 3 is 1.86 bits per heavy atom. The summed E-state index contributed by atoms with van der Waals surface area (Å²) in [6, 6.07) is 0. The van der Waals surface area contributed by atoms with E-state index < -0.39 is 0 Å². The molecule has 0 heterocycles. The number of carbonyl (C=O) groups is 1. The number of ether oxygens (including phenoxy) is 1. The molecule has 0 aromatic rings. The van der Waals surface area contributed by atoms with Crippen molar-refractivity contribution in [1.29, 1.82) is 0 Å². The summed E-state index contributed by atoms with van der Waals surface area (Å²) < 4.78 is 5.53. The Labute approximate surface area is 87.3 Å². The van der Waals surface area contributed by atoms with Crippen molar-refractivity contribution in [3.63, 3.8) is 0 Å². The Morgan fingerprint density at radius 2 is 1.57 bits per heavy atom. The monoisotopic (exact) mass is 198 g/mol. The number of ketones is 1. The molecule has 0 fully saturated rings. The van der Waals surface area contributed by atoms with E-state index in [2.05, 4.69) is 20.8 Å². The van der Waals surface area contributed by atoms with Gasteiger partial charge in [0.15, 0.2) is 11.9 Å². The van der Waals surface area contributed by atoms with Crippen LogP contribution < -0.4 is 0 Å². The molecule has 0 aromatic carbocycles. The second kappa shape index (κ2) is 4.63. The van der Waals surface area contributed by atoms with E-state index in [0.717, 1.165) is 5.76 Å². The molecule has 0 amide bonds. The number of Topliss-reactive ketones (excluding diaryl/α,β-unsaturated/α-hetero) is 1. The summed E-state index contributed by atoms with van der Waals surface area (Å²) in [5.74, 6) is 0.922. The fourth-order valence-corrected chi connectivity index (χ4v) is 0.965. The molecule has 1 unspecified atom stereocenters. The van der Waals surface area contributed by atoms with E-state index in [1.807, 2.05) is 13.8 Å². The highest BCUT2D eigenvalue weighted by molar-refractivity contribution is 5.80. The van der Waals surface area contributed by atoms with E-state index in [4.69, 9.17) is 4.74 Å². The lowest BCUT2D eigenvalue weighted by Crippen LogP contribution is -2.19. The molecule has 0 rings (SSSR count). The first-order chi connectivity index (χ1) is 6.16. The van der Waals surface area contributed by atoms with E-state index in [9.17, 15) is 4.79 Å². The zero-order chi connectivity index (χ0) is 11.5. The Hall–Kier alpha value is -0.790. The third kappa shape index (κ3) is 3.95. The molecule has 0 aliphatic heterocycles. The first kappa shape index (κ1) is 13.2. The Morgan fingerprint density at radius 1 is 1.14 bits per heavy atom. The van der Waals surface area contributed by atoms with E-state index in [0.29, 0.717) is 0 Å². The molecule has 14 heavy (non-hydrogen) atoms. The molecule has 0 aliphatic carbocycles. The Balaban J connectivity index is 4.62. The van der Waals surface area contributed by atoms with E-state index in [-0.39, 0.29) is 17.3 Å². The van der Waals surface area contributed by atoms with E-state index in [1.54, 1.807) is 13.8 Å². The summed E-state index contributed by atoms with van der Waals surface area (Å²) in [6.45, 7) is 13.7. The van der Waals surface area contributed by atoms with Gasteiger partial charge in [-0.1, -0.05) is 20.8 Å². The molecular weight excluding hydrogens is 176 g/mol. The molecular formula is C12H22O2. The topological polar surface area (TPSA) is 26.3 Å². The van der Waals surface area contributed by atoms with Crippen molar-refractivity contribution in [1.82, 2.24) is 0 Å². The molecule has 2 nitrogen and oxygen atoms in total. The molecule has 0 spiro atoms. The van der Waals surface area contributed by atoms with Crippen molar-refractivity contribution in [3.8, 4) is 0 Å². The lowest BCUT2D eigenvalue weighted by Gasteiger charge is -2.23. The van der Waals surface area contributed by atoms with Gasteiger partial charge in [0.05, 0.1) is 5.76 Å². The predicted molar refractivity (Wildman–Crippen MR) is 59.1 cm³/mol. The van der Waals surface area contributed by atoms with Gasteiger partial charge in [0.2, 0.25) is 0 Å². The molecule has 82 valence electrons. The van der Waals surface area contributed by atoms with Gasteiger partial charge in [-0.25, -0.2) is 0 Å². The van der Waals surface area contributed by atoms with Crippen LogP contribution in [-0.4, -0.2) is 11.9 Å². The number of carbonyl (C=O) groups excluding carboxylic acids is 1. The van der Waals surface area contributed by atoms with Crippen LogP contribution in [0.25, 0.3) is 0 Å². The number of allylic oxidation sites excluding steroid dienone is 2. The zero-order valence-electron chi connectivity index (χ0n) is 10.4. The predicted octanol–water partition coefficient (Wildman–Crippen LogP) is 3.32. The summed E-state index contributed by atoms with van der Waals surface area (Å²) in [5, 5.41) is 0. The molecule has 0 aliphatic rings. The Kier molecular flexibility index (Phi) is 4.37. The first-order valence-corrected chi connectivity index (χ1v) is 5.01. The van der Waals surface area contributed by atoms with Crippen LogP contribution in [0.4, 0.5) is 0 Å². The van der Waals surface area contributed by atoms with Gasteiger partial charge in [-0.15, -0.1) is 0 Å². The van der Waals surface area contributed by atoms with Crippen LogP contribution in [0.5, 0.6) is 0 Å². The number of hydrogen-bond donors (Lipinski definition) is 0. The van der Waals surface area contributed by atoms with Crippen LogP contribution in [-0.2, 0) is 9.53 Å². The van der Waals surface area contributed by atoms with Crippen molar-refractivity contribution >= 4 is 5.78 Å². The maximum absolute atomic E-state index is 11.0. The van der Waals surface area contributed by atoms with Crippen molar-refractivity contribution in [2.24, 2.45) is 5.41 Å². The highest BCUT2D eigenvalue weighted by atomic mass is 16.5. The lowest BCUT2D eigenvalue weighted by molar-refractivity contribution is -0.125. The lowest BCUT2D eigenvalue weighted by atomic mass is 9.87. The smallest absolute Gasteiger partial charge is 0.169 e. The van der Waals surface area contributed by atoms with Gasteiger partial charge in [-0.3, -0.25) is 4.79 Å². The second-order valence-electron chi connectivity index (χ2n) is 4.80. The second-order valence-corrected chi connectivity index (χ2v) is 4.80. The number of hydrogen-bond acceptors (Lipinski definition) is 2. The molecule has 0 saturated carbocycles. The first-order valence-electron chi connectivity index (χ1n) is 5.01. The van der Waals surface area contributed by atoms with Crippen LogP contribution in [0.2, 0.25) is 0 Å².